The monoisotopic (exact) mass is 674 g/mol. The molecule has 5 unspecified atom stereocenters. The molecule has 0 aromatic rings. The molecule has 0 spiro atoms. The van der Waals surface area contributed by atoms with E-state index in [0.717, 1.165) is 0 Å². The molecule has 0 bridgehead atoms. The van der Waals surface area contributed by atoms with Crippen LogP contribution in [0.2, 0.25) is 0 Å². The molecule has 5 atom stereocenters. The zero-order valence-electron chi connectivity index (χ0n) is 26.4. The number of amides is 4. The van der Waals surface area contributed by atoms with Crippen molar-refractivity contribution in [1.29, 1.82) is 0 Å². The van der Waals surface area contributed by atoms with E-state index >= 15 is 0 Å². The van der Waals surface area contributed by atoms with E-state index in [-0.39, 0.29) is 37.5 Å². The van der Waals surface area contributed by atoms with Crippen molar-refractivity contribution < 1.29 is 63.6 Å². The van der Waals surface area contributed by atoms with E-state index in [1.165, 1.54) is 6.92 Å². The number of Topliss-reactive ketones (excluding diaryl/α,β-unsaturated/α-hetero) is 1. The van der Waals surface area contributed by atoms with Gasteiger partial charge in [0.15, 0.2) is 0 Å². The van der Waals surface area contributed by atoms with Gasteiger partial charge in [-0.25, -0.2) is 14.4 Å². The number of hydrogen-bond donors (Lipinski definition) is 10. The second-order valence-corrected chi connectivity index (χ2v) is 10.8. The van der Waals surface area contributed by atoms with Gasteiger partial charge in [-0.2, -0.15) is 0 Å². The Morgan fingerprint density at radius 1 is 0.532 bits per heavy atom. The number of carbonyl (C=O) groups excluding carboxylic acids is 5. The molecule has 4 amide bonds. The SMILES string of the molecule is CNC(CCCCNC(=O)CCC(NC(=O)CCC(NC(=O)CCC(NC(=O)CCC(N)C(=O)O)C(=O)O)C(=O)O)C(=O)O)C(C)=O. The van der Waals surface area contributed by atoms with Crippen LogP contribution in [0.25, 0.3) is 0 Å². The van der Waals surface area contributed by atoms with Gasteiger partial charge in [-0.15, -0.1) is 0 Å². The van der Waals surface area contributed by atoms with Gasteiger partial charge in [-0.3, -0.25) is 28.8 Å². The van der Waals surface area contributed by atoms with Crippen LogP contribution in [0.3, 0.4) is 0 Å². The van der Waals surface area contributed by atoms with Crippen LogP contribution in [0.1, 0.15) is 77.6 Å². The summed E-state index contributed by atoms with van der Waals surface area (Å²) < 4.78 is 0. The minimum absolute atomic E-state index is 0.00687. The molecule has 0 rings (SSSR count). The lowest BCUT2D eigenvalue weighted by molar-refractivity contribution is -0.144. The third kappa shape index (κ3) is 19.5. The van der Waals surface area contributed by atoms with Crippen LogP contribution in [-0.2, 0) is 43.2 Å². The van der Waals surface area contributed by atoms with Crippen molar-refractivity contribution in [2.24, 2.45) is 5.73 Å². The molecular formula is C28H46N6O13. The maximum atomic E-state index is 12.4. The van der Waals surface area contributed by atoms with Crippen molar-refractivity contribution in [2.75, 3.05) is 13.6 Å². The third-order valence-corrected chi connectivity index (χ3v) is 6.96. The fourth-order valence-corrected chi connectivity index (χ4v) is 4.15. The van der Waals surface area contributed by atoms with E-state index in [1.807, 2.05) is 0 Å². The van der Waals surface area contributed by atoms with Crippen LogP contribution in [0, 0.1) is 0 Å². The Kier molecular flexibility index (Phi) is 20.5. The van der Waals surface area contributed by atoms with E-state index in [2.05, 4.69) is 26.6 Å². The Morgan fingerprint density at radius 3 is 1.26 bits per heavy atom. The van der Waals surface area contributed by atoms with E-state index in [9.17, 15) is 58.5 Å². The molecule has 0 aliphatic heterocycles. The number of aliphatic carboxylic acids is 4. The molecule has 0 saturated heterocycles. The number of carboxylic acids is 4. The minimum Gasteiger partial charge on any atom is -0.480 e. The molecular weight excluding hydrogens is 628 g/mol. The van der Waals surface area contributed by atoms with Crippen molar-refractivity contribution in [3.05, 3.63) is 0 Å². The largest absolute Gasteiger partial charge is 0.480 e. The van der Waals surface area contributed by atoms with Crippen LogP contribution in [-0.4, -0.2) is 118 Å². The van der Waals surface area contributed by atoms with Gasteiger partial charge in [0.2, 0.25) is 23.6 Å². The second-order valence-electron chi connectivity index (χ2n) is 10.8. The van der Waals surface area contributed by atoms with Crippen LogP contribution in [0.5, 0.6) is 0 Å². The van der Waals surface area contributed by atoms with Gasteiger partial charge in [0.05, 0.1) is 6.04 Å². The summed E-state index contributed by atoms with van der Waals surface area (Å²) in [6.45, 7) is 1.79. The van der Waals surface area contributed by atoms with E-state index < -0.39 is 97.4 Å². The highest BCUT2D eigenvalue weighted by Gasteiger charge is 2.26. The summed E-state index contributed by atoms with van der Waals surface area (Å²) in [5.41, 5.74) is 5.30. The van der Waals surface area contributed by atoms with Gasteiger partial charge < -0.3 is 52.7 Å². The van der Waals surface area contributed by atoms with Gasteiger partial charge in [0.1, 0.15) is 30.0 Å². The quantitative estimate of drug-likeness (QED) is 0.0431. The van der Waals surface area contributed by atoms with Crippen LogP contribution >= 0.6 is 0 Å². The molecule has 0 aromatic carbocycles. The molecule has 0 aliphatic rings. The summed E-state index contributed by atoms with van der Waals surface area (Å²) in [5, 5.41) is 48.9. The molecule has 11 N–H and O–H groups in total. The van der Waals surface area contributed by atoms with Gasteiger partial charge in [-0.1, -0.05) is 0 Å². The standard InChI is InChI=1S/C28H46N6O13/c1-15(35)17(30-2)5-3-4-14-31-21(36)11-7-18(26(42)43)33-23(38)13-9-20(28(46)47)34-24(39)12-8-19(27(44)45)32-22(37)10-6-16(29)25(40)41/h16-20,30H,3-14,29H2,1-2H3,(H,31,36)(H,32,37)(H,33,38)(H,34,39)(H,40,41)(H,42,43)(H,44,45)(H,46,47). The lowest BCUT2D eigenvalue weighted by Crippen LogP contribution is -2.45. The first kappa shape index (κ1) is 42.3. The highest BCUT2D eigenvalue weighted by Crippen LogP contribution is 2.06. The van der Waals surface area contributed by atoms with Crippen molar-refractivity contribution >= 4 is 53.3 Å². The number of nitrogens with two attached hydrogens (primary N) is 1. The number of unbranched alkanes of at least 4 members (excludes halogenated alkanes) is 1. The maximum absolute atomic E-state index is 12.4. The summed E-state index contributed by atoms with van der Waals surface area (Å²) in [7, 11) is 1.68. The molecule has 0 fully saturated rings. The van der Waals surface area contributed by atoms with Crippen LogP contribution < -0.4 is 32.3 Å². The second kappa shape index (κ2) is 22.8. The molecule has 19 heteroatoms. The van der Waals surface area contributed by atoms with Gasteiger partial charge >= 0.3 is 23.9 Å². The lowest BCUT2D eigenvalue weighted by Gasteiger charge is -2.18. The number of nitrogens with one attached hydrogen (secondary N) is 5. The van der Waals surface area contributed by atoms with Gasteiger partial charge in [0, 0.05) is 32.2 Å². The predicted octanol–water partition coefficient (Wildman–Crippen LogP) is -2.31. The average Bonchev–Trinajstić information content (AvgIpc) is 2.98. The summed E-state index contributed by atoms with van der Waals surface area (Å²) in [4.78, 5) is 106. The molecule has 0 saturated carbocycles. The normalized spacial score (nSPS) is 13.9. The summed E-state index contributed by atoms with van der Waals surface area (Å²) in [6, 6.07) is -6.17. The fraction of sp³-hybridized carbons (Fsp3) is 0.679. The summed E-state index contributed by atoms with van der Waals surface area (Å²) >= 11 is 0. The number of hydrogen-bond acceptors (Lipinski definition) is 11. The maximum Gasteiger partial charge on any atom is 0.326 e. The van der Waals surface area contributed by atoms with Crippen molar-refractivity contribution in [1.82, 2.24) is 26.6 Å². The van der Waals surface area contributed by atoms with Crippen LogP contribution in [0.15, 0.2) is 0 Å². The Balaban J connectivity index is 4.71. The summed E-state index contributed by atoms with van der Waals surface area (Å²) in [6.07, 6.45) is -1.15. The molecule has 0 radical (unpaired) electrons. The smallest absolute Gasteiger partial charge is 0.326 e. The topological polar surface area (TPSA) is 321 Å². The fourth-order valence-electron chi connectivity index (χ4n) is 4.15. The Bertz CT molecular complexity index is 1130. The van der Waals surface area contributed by atoms with Crippen molar-refractivity contribution in [3.63, 3.8) is 0 Å². The van der Waals surface area contributed by atoms with Crippen molar-refractivity contribution in [3.8, 4) is 0 Å². The van der Waals surface area contributed by atoms with E-state index in [4.69, 9.17) is 10.8 Å². The van der Waals surface area contributed by atoms with E-state index in [1.54, 1.807) is 7.05 Å². The number of ketones is 1. The first-order valence-electron chi connectivity index (χ1n) is 15.0. The molecule has 0 aliphatic carbocycles. The summed E-state index contributed by atoms with van der Waals surface area (Å²) in [5.74, 6) is -8.76. The molecule has 266 valence electrons. The van der Waals surface area contributed by atoms with Gasteiger partial charge in [-0.05, 0) is 58.9 Å². The first-order chi connectivity index (χ1) is 22.0. The van der Waals surface area contributed by atoms with E-state index in [0.29, 0.717) is 25.8 Å². The molecule has 0 aromatic heterocycles. The highest BCUT2D eigenvalue weighted by atomic mass is 16.4. The van der Waals surface area contributed by atoms with Gasteiger partial charge in [0.25, 0.3) is 0 Å². The number of carboxylic acid groups (broad SMARTS) is 4. The molecule has 0 heterocycles. The Morgan fingerprint density at radius 2 is 0.915 bits per heavy atom. The highest BCUT2D eigenvalue weighted by molar-refractivity contribution is 5.87. The predicted molar refractivity (Wildman–Crippen MR) is 162 cm³/mol. The van der Waals surface area contributed by atoms with Crippen LogP contribution in [0.4, 0.5) is 0 Å². The zero-order chi connectivity index (χ0) is 36.1. The molecule has 19 nitrogen and oxygen atoms in total. The zero-order valence-corrected chi connectivity index (χ0v) is 26.4. The Hall–Kier alpha value is -4.65. The number of rotatable bonds is 26. The molecule has 47 heavy (non-hydrogen) atoms. The first-order valence-corrected chi connectivity index (χ1v) is 15.0. The average molecular weight is 675 g/mol. The Labute approximate surface area is 270 Å². The van der Waals surface area contributed by atoms with Crippen molar-refractivity contribution in [2.45, 2.75) is 108 Å². The number of carbonyl (C=O) groups is 9. The number of likely N-dealkylation sites (N-methyl/N-ethyl adjacent to an activating group) is 1. The minimum atomic E-state index is -1.59. The third-order valence-electron chi connectivity index (χ3n) is 6.96. The lowest BCUT2D eigenvalue weighted by atomic mass is 10.1.